The van der Waals surface area contributed by atoms with Crippen molar-refractivity contribution < 1.29 is 9.90 Å². The molecule has 0 saturated carbocycles. The maximum Gasteiger partial charge on any atom is 0.194 e. The van der Waals surface area contributed by atoms with Gasteiger partial charge in [-0.25, -0.2) is 0 Å². The summed E-state index contributed by atoms with van der Waals surface area (Å²) in [6.45, 7) is -0.0790. The first-order valence-electron chi connectivity index (χ1n) is 5.18. The normalized spacial score (nSPS) is 10.5. The van der Waals surface area contributed by atoms with Crippen molar-refractivity contribution in [3.8, 4) is 0 Å². The first kappa shape index (κ1) is 11.9. The molecule has 0 radical (unpaired) electrons. The van der Waals surface area contributed by atoms with Crippen molar-refractivity contribution in [3.63, 3.8) is 0 Å². The molecule has 0 atom stereocenters. The Morgan fingerprint density at radius 1 is 1.29 bits per heavy atom. The van der Waals surface area contributed by atoms with Gasteiger partial charge in [0, 0.05) is 35.1 Å². The van der Waals surface area contributed by atoms with E-state index in [1.807, 2.05) is 0 Å². The number of ketones is 1. The van der Waals surface area contributed by atoms with Crippen LogP contribution < -0.4 is 0 Å². The molecule has 0 bridgehead atoms. The number of carbonyl (C=O) groups is 1. The van der Waals surface area contributed by atoms with Crippen LogP contribution >= 0.6 is 11.6 Å². The number of hydrogen-bond donors (Lipinski definition) is 1. The van der Waals surface area contributed by atoms with Crippen molar-refractivity contribution in [1.29, 1.82) is 0 Å². The van der Waals surface area contributed by atoms with E-state index >= 15 is 0 Å². The molecule has 3 nitrogen and oxygen atoms in total. The highest BCUT2D eigenvalue weighted by Gasteiger charge is 2.12. The second kappa shape index (κ2) is 4.73. The van der Waals surface area contributed by atoms with Gasteiger partial charge >= 0.3 is 0 Å². The molecule has 0 aliphatic heterocycles. The Bertz CT molecular complexity index is 543. The molecule has 0 spiro atoms. The number of halogens is 1. The first-order valence-corrected chi connectivity index (χ1v) is 5.56. The van der Waals surface area contributed by atoms with Crippen LogP contribution in [-0.2, 0) is 13.7 Å². The molecule has 0 amide bonds. The van der Waals surface area contributed by atoms with E-state index in [2.05, 4.69) is 0 Å². The molecule has 0 aliphatic carbocycles. The summed E-state index contributed by atoms with van der Waals surface area (Å²) in [5, 5.41) is 9.67. The van der Waals surface area contributed by atoms with Gasteiger partial charge in [0.15, 0.2) is 5.78 Å². The van der Waals surface area contributed by atoms with Gasteiger partial charge in [-0.3, -0.25) is 4.79 Å². The van der Waals surface area contributed by atoms with Gasteiger partial charge in [-0.2, -0.15) is 0 Å². The van der Waals surface area contributed by atoms with E-state index in [0.29, 0.717) is 21.8 Å². The Kier molecular flexibility index (Phi) is 3.31. The second-order valence-electron chi connectivity index (χ2n) is 3.83. The average molecular weight is 250 g/mol. The van der Waals surface area contributed by atoms with Crippen LogP contribution in [0.1, 0.15) is 21.6 Å². The molecular weight excluding hydrogens is 238 g/mol. The molecule has 2 rings (SSSR count). The van der Waals surface area contributed by atoms with Crippen LogP contribution in [0.2, 0.25) is 5.02 Å². The summed E-state index contributed by atoms with van der Waals surface area (Å²) < 4.78 is 1.74. The van der Waals surface area contributed by atoms with Crippen LogP contribution in [0.15, 0.2) is 36.5 Å². The van der Waals surface area contributed by atoms with Gasteiger partial charge in [0.05, 0.1) is 6.61 Å². The Hall–Kier alpha value is -1.58. The molecule has 0 unspecified atom stereocenters. The highest BCUT2D eigenvalue weighted by Crippen LogP contribution is 2.15. The predicted octanol–water partition coefficient (Wildman–Crippen LogP) is 2.40. The number of rotatable bonds is 3. The molecule has 0 saturated heterocycles. The third-order valence-electron chi connectivity index (χ3n) is 2.64. The van der Waals surface area contributed by atoms with E-state index < -0.39 is 0 Å². The Labute approximate surface area is 104 Å². The Morgan fingerprint density at radius 2 is 1.94 bits per heavy atom. The molecule has 1 aromatic carbocycles. The molecule has 4 heteroatoms. The third kappa shape index (κ3) is 2.40. The van der Waals surface area contributed by atoms with Gasteiger partial charge in [-0.15, -0.1) is 0 Å². The molecule has 1 N–H and O–H groups in total. The zero-order chi connectivity index (χ0) is 12.4. The largest absolute Gasteiger partial charge is 0.390 e. The fourth-order valence-corrected chi connectivity index (χ4v) is 1.79. The fourth-order valence-electron chi connectivity index (χ4n) is 1.66. The zero-order valence-corrected chi connectivity index (χ0v) is 10.1. The van der Waals surface area contributed by atoms with E-state index in [9.17, 15) is 4.79 Å². The highest BCUT2D eigenvalue weighted by atomic mass is 35.5. The fraction of sp³-hybridized carbons (Fsp3) is 0.154. The summed E-state index contributed by atoms with van der Waals surface area (Å²) in [7, 11) is 1.80. The maximum absolute atomic E-state index is 12.1. The van der Waals surface area contributed by atoms with Crippen LogP contribution in [0, 0.1) is 0 Å². The third-order valence-corrected chi connectivity index (χ3v) is 2.89. The maximum atomic E-state index is 12.1. The number of aryl methyl sites for hydroxylation is 1. The number of hydrogen-bond acceptors (Lipinski definition) is 2. The van der Waals surface area contributed by atoms with Crippen molar-refractivity contribution >= 4 is 17.4 Å². The minimum atomic E-state index is -0.0790. The minimum absolute atomic E-state index is 0.0723. The summed E-state index contributed by atoms with van der Waals surface area (Å²) in [6, 6.07) is 8.44. The van der Waals surface area contributed by atoms with Crippen molar-refractivity contribution in [2.24, 2.45) is 7.05 Å². The summed E-state index contributed by atoms with van der Waals surface area (Å²) >= 11 is 5.77. The Balaban J connectivity index is 2.33. The monoisotopic (exact) mass is 249 g/mol. The van der Waals surface area contributed by atoms with Crippen LogP contribution in [0.4, 0.5) is 0 Å². The molecule has 1 aromatic heterocycles. The molecule has 17 heavy (non-hydrogen) atoms. The SMILES string of the molecule is Cn1cc(C(=O)c2ccc(Cl)cc2)cc1CO. The molecule has 1 heterocycles. The van der Waals surface area contributed by atoms with Crippen molar-refractivity contribution in [1.82, 2.24) is 4.57 Å². The molecule has 0 aliphatic rings. The van der Waals surface area contributed by atoms with Crippen molar-refractivity contribution in [2.45, 2.75) is 6.61 Å². The highest BCUT2D eigenvalue weighted by molar-refractivity contribution is 6.30. The number of nitrogens with zero attached hydrogens (tertiary/aromatic N) is 1. The molecule has 0 fully saturated rings. The summed E-state index contributed by atoms with van der Waals surface area (Å²) in [6.07, 6.45) is 1.71. The molecule has 88 valence electrons. The average Bonchev–Trinajstić information content (AvgIpc) is 2.70. The lowest BCUT2D eigenvalue weighted by atomic mass is 10.1. The number of carbonyl (C=O) groups excluding carboxylic acids is 1. The predicted molar refractivity (Wildman–Crippen MR) is 66.2 cm³/mol. The topological polar surface area (TPSA) is 42.2 Å². The van der Waals surface area contributed by atoms with Crippen LogP contribution in [0.3, 0.4) is 0 Å². The van der Waals surface area contributed by atoms with Crippen molar-refractivity contribution in [3.05, 3.63) is 58.4 Å². The van der Waals surface area contributed by atoms with E-state index in [1.54, 1.807) is 48.1 Å². The lowest BCUT2D eigenvalue weighted by Crippen LogP contribution is -1.99. The second-order valence-corrected chi connectivity index (χ2v) is 4.26. The van der Waals surface area contributed by atoms with Gasteiger partial charge in [0.25, 0.3) is 0 Å². The number of aromatic nitrogens is 1. The number of aliphatic hydroxyl groups excluding tert-OH is 1. The first-order chi connectivity index (χ1) is 8.11. The van der Waals surface area contributed by atoms with Crippen LogP contribution in [0.25, 0.3) is 0 Å². The zero-order valence-electron chi connectivity index (χ0n) is 9.35. The quantitative estimate of drug-likeness (QED) is 0.849. The van der Waals surface area contributed by atoms with Crippen LogP contribution in [-0.4, -0.2) is 15.5 Å². The lowest BCUT2D eigenvalue weighted by Gasteiger charge is -1.98. The molecular formula is C13H12ClNO2. The van der Waals surface area contributed by atoms with E-state index in [0.717, 1.165) is 0 Å². The standard InChI is InChI=1S/C13H12ClNO2/c1-15-7-10(6-12(15)8-16)13(17)9-2-4-11(14)5-3-9/h2-7,16H,8H2,1H3. The number of aliphatic hydroxyl groups is 1. The summed E-state index contributed by atoms with van der Waals surface area (Å²) in [4.78, 5) is 12.1. The lowest BCUT2D eigenvalue weighted by molar-refractivity contribution is 0.103. The van der Waals surface area contributed by atoms with E-state index in [-0.39, 0.29) is 12.4 Å². The smallest absolute Gasteiger partial charge is 0.194 e. The van der Waals surface area contributed by atoms with Gasteiger partial charge in [-0.05, 0) is 30.3 Å². The summed E-state index contributed by atoms with van der Waals surface area (Å²) in [5.74, 6) is -0.0723. The minimum Gasteiger partial charge on any atom is -0.390 e. The van der Waals surface area contributed by atoms with Gasteiger partial charge < -0.3 is 9.67 Å². The summed E-state index contributed by atoms with van der Waals surface area (Å²) in [5.41, 5.74) is 1.87. The van der Waals surface area contributed by atoms with Gasteiger partial charge in [0.2, 0.25) is 0 Å². The Morgan fingerprint density at radius 3 is 2.47 bits per heavy atom. The molecule has 2 aromatic rings. The van der Waals surface area contributed by atoms with Gasteiger partial charge in [0.1, 0.15) is 0 Å². The van der Waals surface area contributed by atoms with Crippen molar-refractivity contribution in [2.75, 3.05) is 0 Å². The van der Waals surface area contributed by atoms with E-state index in [1.165, 1.54) is 0 Å². The number of benzene rings is 1. The van der Waals surface area contributed by atoms with Gasteiger partial charge in [-0.1, -0.05) is 11.6 Å². The van der Waals surface area contributed by atoms with E-state index in [4.69, 9.17) is 16.7 Å². The van der Waals surface area contributed by atoms with Crippen LogP contribution in [0.5, 0.6) is 0 Å².